The lowest BCUT2D eigenvalue weighted by molar-refractivity contribution is -0.146. The third kappa shape index (κ3) is 3.64. The number of amides is 1. The second-order valence-corrected chi connectivity index (χ2v) is 6.34. The Bertz CT molecular complexity index is 532. The van der Waals surface area contributed by atoms with Gasteiger partial charge in [0.2, 0.25) is 5.91 Å². The van der Waals surface area contributed by atoms with Crippen molar-refractivity contribution in [2.45, 2.75) is 38.6 Å². The Balaban J connectivity index is 2.47. The number of nitrogens with zero attached hydrogens (tertiary/aromatic N) is 1. The summed E-state index contributed by atoms with van der Waals surface area (Å²) >= 11 is 3.43. The van der Waals surface area contributed by atoms with Crippen LogP contribution in [0, 0.1) is 5.92 Å². The Kier molecular flexibility index (Phi) is 5.39. The van der Waals surface area contributed by atoms with Gasteiger partial charge in [-0.3, -0.25) is 9.59 Å². The van der Waals surface area contributed by atoms with Gasteiger partial charge < -0.3 is 10.0 Å². The first-order valence-electron chi connectivity index (χ1n) is 7.32. The monoisotopic (exact) mass is 353 g/mol. The molecule has 1 heterocycles. The molecule has 0 bridgehead atoms. The number of carboxylic acids is 1. The molecule has 1 aromatic rings. The molecule has 2 atom stereocenters. The van der Waals surface area contributed by atoms with Crippen LogP contribution in [0.4, 0.5) is 0 Å². The third-order valence-electron chi connectivity index (χ3n) is 3.91. The normalized spacial score (nSPS) is 23.0. The van der Waals surface area contributed by atoms with Gasteiger partial charge in [-0.2, -0.15) is 0 Å². The number of aliphatic carboxylic acids is 1. The van der Waals surface area contributed by atoms with E-state index in [0.29, 0.717) is 25.8 Å². The van der Waals surface area contributed by atoms with E-state index in [9.17, 15) is 14.7 Å². The zero-order valence-corrected chi connectivity index (χ0v) is 13.7. The van der Waals surface area contributed by atoms with E-state index in [4.69, 9.17) is 0 Å². The number of halogens is 1. The van der Waals surface area contributed by atoms with Gasteiger partial charge in [-0.15, -0.1) is 0 Å². The predicted octanol–water partition coefficient (Wildman–Crippen LogP) is 3.61. The molecule has 1 amide bonds. The molecule has 114 valence electrons. The summed E-state index contributed by atoms with van der Waals surface area (Å²) in [4.78, 5) is 25.8. The largest absolute Gasteiger partial charge is 0.481 e. The summed E-state index contributed by atoms with van der Waals surface area (Å²) in [6.07, 6.45) is 2.44. The molecule has 21 heavy (non-hydrogen) atoms. The van der Waals surface area contributed by atoms with E-state index in [2.05, 4.69) is 15.9 Å². The molecule has 1 aromatic carbocycles. The average molecular weight is 354 g/mol. The first-order chi connectivity index (χ1) is 10.0. The van der Waals surface area contributed by atoms with Crippen LogP contribution in [-0.2, 0) is 9.59 Å². The molecule has 4 nitrogen and oxygen atoms in total. The zero-order valence-electron chi connectivity index (χ0n) is 12.1. The number of hydrogen-bond acceptors (Lipinski definition) is 2. The van der Waals surface area contributed by atoms with Crippen molar-refractivity contribution in [3.63, 3.8) is 0 Å². The molecule has 1 aliphatic rings. The quantitative estimate of drug-likeness (QED) is 0.899. The maximum atomic E-state index is 12.4. The second kappa shape index (κ2) is 7.07. The van der Waals surface area contributed by atoms with Gasteiger partial charge in [-0.05, 0) is 37.0 Å². The molecular weight excluding hydrogens is 334 g/mol. The smallest absolute Gasteiger partial charge is 0.308 e. The van der Waals surface area contributed by atoms with E-state index >= 15 is 0 Å². The van der Waals surface area contributed by atoms with Gasteiger partial charge in [-0.1, -0.05) is 35.0 Å². The summed E-state index contributed by atoms with van der Waals surface area (Å²) in [7, 11) is 0. The summed E-state index contributed by atoms with van der Waals surface area (Å²) in [5.74, 6) is -1.31. The summed E-state index contributed by atoms with van der Waals surface area (Å²) < 4.78 is 0.900. The van der Waals surface area contributed by atoms with Gasteiger partial charge in [0, 0.05) is 17.4 Å². The van der Waals surface area contributed by atoms with Crippen LogP contribution < -0.4 is 0 Å². The molecule has 1 aliphatic heterocycles. The summed E-state index contributed by atoms with van der Waals surface area (Å²) in [6.45, 7) is 2.60. The third-order valence-corrected chi connectivity index (χ3v) is 4.41. The minimum atomic E-state index is -0.823. The van der Waals surface area contributed by atoms with E-state index < -0.39 is 11.9 Å². The fraction of sp³-hybridized carbons (Fsp3) is 0.500. The van der Waals surface area contributed by atoms with Crippen LogP contribution in [0.2, 0.25) is 0 Å². The van der Waals surface area contributed by atoms with E-state index in [-0.39, 0.29) is 11.9 Å². The summed E-state index contributed by atoms with van der Waals surface area (Å²) in [5, 5.41) is 9.59. The zero-order chi connectivity index (χ0) is 15.4. The van der Waals surface area contributed by atoms with Crippen molar-refractivity contribution in [3.8, 4) is 0 Å². The van der Waals surface area contributed by atoms with Crippen LogP contribution >= 0.6 is 15.9 Å². The van der Waals surface area contributed by atoms with Crippen LogP contribution in [-0.4, -0.2) is 28.4 Å². The Morgan fingerprint density at radius 1 is 1.48 bits per heavy atom. The van der Waals surface area contributed by atoms with Crippen molar-refractivity contribution in [2.75, 3.05) is 6.54 Å². The van der Waals surface area contributed by atoms with Crippen molar-refractivity contribution >= 4 is 27.8 Å². The lowest BCUT2D eigenvalue weighted by Crippen LogP contribution is -2.39. The average Bonchev–Trinajstić information content (AvgIpc) is 2.59. The lowest BCUT2D eigenvalue weighted by atomic mass is 9.89. The van der Waals surface area contributed by atoms with Crippen molar-refractivity contribution in [3.05, 3.63) is 34.3 Å². The summed E-state index contributed by atoms with van der Waals surface area (Å²) in [5.41, 5.74) is 0.889. The number of carbonyl (C=O) groups is 2. The highest BCUT2D eigenvalue weighted by Crippen LogP contribution is 2.36. The lowest BCUT2D eigenvalue weighted by Gasteiger charge is -2.33. The maximum Gasteiger partial charge on any atom is 0.308 e. The molecule has 2 unspecified atom stereocenters. The number of carbonyl (C=O) groups excluding carboxylic acids is 1. The number of likely N-dealkylation sites (tertiary alicyclic amines) is 1. The van der Waals surface area contributed by atoms with Gasteiger partial charge in [0.05, 0.1) is 12.0 Å². The van der Waals surface area contributed by atoms with Crippen LogP contribution in [0.25, 0.3) is 0 Å². The highest BCUT2D eigenvalue weighted by atomic mass is 79.9. The van der Waals surface area contributed by atoms with Crippen molar-refractivity contribution in [1.82, 2.24) is 4.90 Å². The van der Waals surface area contributed by atoms with Crippen molar-refractivity contribution in [2.24, 2.45) is 5.92 Å². The Hall–Kier alpha value is -1.36. The number of carboxylic acid groups (broad SMARTS) is 1. The molecule has 0 aliphatic carbocycles. The molecule has 1 N–H and O–H groups in total. The minimum absolute atomic E-state index is 0.0607. The molecule has 0 saturated carbocycles. The number of hydrogen-bond donors (Lipinski definition) is 1. The number of benzene rings is 1. The van der Waals surface area contributed by atoms with E-state index in [1.54, 1.807) is 4.90 Å². The predicted molar refractivity (Wildman–Crippen MR) is 83.9 cm³/mol. The highest BCUT2D eigenvalue weighted by Gasteiger charge is 2.38. The first-order valence-corrected chi connectivity index (χ1v) is 8.11. The molecule has 5 heteroatoms. The van der Waals surface area contributed by atoms with E-state index in [1.165, 1.54) is 0 Å². The Morgan fingerprint density at radius 3 is 2.86 bits per heavy atom. The van der Waals surface area contributed by atoms with Crippen LogP contribution in [0.15, 0.2) is 28.7 Å². The van der Waals surface area contributed by atoms with Crippen LogP contribution in [0.3, 0.4) is 0 Å². The van der Waals surface area contributed by atoms with Crippen molar-refractivity contribution < 1.29 is 14.7 Å². The Labute approximate surface area is 133 Å². The SMILES string of the molecule is CCCN1C(=O)CCCC(C(=O)O)C1c1cccc(Br)c1. The first kappa shape index (κ1) is 16.0. The standard InChI is InChI=1S/C16H20BrNO3/c1-2-9-18-14(19)8-4-7-13(16(20)21)15(18)11-5-3-6-12(17)10-11/h3,5-6,10,13,15H,2,4,7-9H2,1H3,(H,20,21). The van der Waals surface area contributed by atoms with Crippen molar-refractivity contribution in [1.29, 1.82) is 0 Å². The Morgan fingerprint density at radius 2 is 2.24 bits per heavy atom. The van der Waals surface area contributed by atoms with Crippen LogP contribution in [0.1, 0.15) is 44.2 Å². The van der Waals surface area contributed by atoms with Crippen LogP contribution in [0.5, 0.6) is 0 Å². The topological polar surface area (TPSA) is 57.6 Å². The van der Waals surface area contributed by atoms with Gasteiger partial charge in [0.25, 0.3) is 0 Å². The maximum absolute atomic E-state index is 12.4. The second-order valence-electron chi connectivity index (χ2n) is 5.42. The number of rotatable bonds is 4. The summed E-state index contributed by atoms with van der Waals surface area (Å²) in [6, 6.07) is 7.24. The molecule has 1 saturated heterocycles. The fourth-order valence-corrected chi connectivity index (χ4v) is 3.43. The van der Waals surface area contributed by atoms with E-state index in [1.807, 2.05) is 31.2 Å². The van der Waals surface area contributed by atoms with Gasteiger partial charge in [-0.25, -0.2) is 0 Å². The van der Waals surface area contributed by atoms with Gasteiger partial charge in [0.15, 0.2) is 0 Å². The molecule has 2 rings (SSSR count). The van der Waals surface area contributed by atoms with E-state index in [0.717, 1.165) is 16.5 Å². The molecule has 0 aromatic heterocycles. The molecule has 0 spiro atoms. The van der Waals surface area contributed by atoms with Gasteiger partial charge >= 0.3 is 5.97 Å². The molecule has 1 fully saturated rings. The van der Waals surface area contributed by atoms with Gasteiger partial charge in [0.1, 0.15) is 0 Å². The highest BCUT2D eigenvalue weighted by molar-refractivity contribution is 9.10. The molecular formula is C16H20BrNO3. The minimum Gasteiger partial charge on any atom is -0.481 e. The molecule has 0 radical (unpaired) electrons. The fourth-order valence-electron chi connectivity index (χ4n) is 3.01.